The average Bonchev–Trinajstić information content (AvgIpc) is 3.21. The summed E-state index contributed by atoms with van der Waals surface area (Å²) in [5, 5.41) is 18.1. The third-order valence-corrected chi connectivity index (χ3v) is 6.63. The highest BCUT2D eigenvalue weighted by Gasteiger charge is 2.29. The maximum atomic E-state index is 13.0. The molecule has 1 N–H and O–H groups in total. The summed E-state index contributed by atoms with van der Waals surface area (Å²) in [6, 6.07) is 18.4. The van der Waals surface area contributed by atoms with E-state index in [1.165, 1.54) is 5.56 Å². The molecule has 2 aromatic carbocycles. The third kappa shape index (κ3) is 4.25. The monoisotopic (exact) mass is 454 g/mol. The summed E-state index contributed by atoms with van der Waals surface area (Å²) in [5.41, 5.74) is 6.07. The first-order valence-electron chi connectivity index (χ1n) is 11.9. The molecule has 1 atom stereocenters. The molecule has 0 spiro atoms. The van der Waals surface area contributed by atoms with Crippen molar-refractivity contribution < 1.29 is 4.79 Å². The Bertz CT molecular complexity index is 1330. The standard InChI is InChI=1S/C27H30N6O/c1-18-9-7-10-21(15-18)16-28-27(34)22-11-8-14-32(17-22)26-25-24(19(2)29-30-26)20(3)33(31-25)23-12-5-4-6-13-23/h4-7,9-10,12-13,15,22H,8,11,14,16-17H2,1-3H3,(H,28,34)/t22-/m0/s1. The van der Waals surface area contributed by atoms with Gasteiger partial charge in [-0.05, 0) is 51.3 Å². The smallest absolute Gasteiger partial charge is 0.225 e. The van der Waals surface area contributed by atoms with E-state index in [9.17, 15) is 4.79 Å². The van der Waals surface area contributed by atoms with E-state index >= 15 is 0 Å². The summed E-state index contributed by atoms with van der Waals surface area (Å²) in [4.78, 5) is 15.2. The SMILES string of the molecule is Cc1cccc(CNC(=O)[C@H]2CCCN(c3nnc(C)c4c(C)n(-c5ccccc5)nc34)C2)c1. The van der Waals surface area contributed by atoms with Crippen LogP contribution in [0, 0.1) is 26.7 Å². The van der Waals surface area contributed by atoms with E-state index in [4.69, 9.17) is 5.10 Å². The molecule has 3 heterocycles. The van der Waals surface area contributed by atoms with Crippen molar-refractivity contribution in [1.29, 1.82) is 0 Å². The largest absolute Gasteiger partial charge is 0.352 e. The predicted molar refractivity (Wildman–Crippen MR) is 134 cm³/mol. The van der Waals surface area contributed by atoms with Gasteiger partial charge >= 0.3 is 0 Å². The summed E-state index contributed by atoms with van der Waals surface area (Å²) in [5.74, 6) is 0.761. The zero-order valence-electron chi connectivity index (χ0n) is 20.0. The number of benzene rings is 2. The number of nitrogens with one attached hydrogen (secondary N) is 1. The van der Waals surface area contributed by atoms with E-state index in [0.717, 1.165) is 58.7 Å². The maximum absolute atomic E-state index is 13.0. The van der Waals surface area contributed by atoms with E-state index in [1.807, 2.05) is 54.1 Å². The number of carbonyl (C=O) groups excluding carboxylic acids is 1. The van der Waals surface area contributed by atoms with Crippen LogP contribution < -0.4 is 10.2 Å². The minimum atomic E-state index is -0.0889. The predicted octanol–water partition coefficient (Wildman–Crippen LogP) is 4.27. The van der Waals surface area contributed by atoms with Crippen molar-refractivity contribution in [3.05, 3.63) is 77.1 Å². The van der Waals surface area contributed by atoms with Crippen LogP contribution in [0.4, 0.5) is 5.82 Å². The fourth-order valence-electron chi connectivity index (χ4n) is 4.88. The average molecular weight is 455 g/mol. The van der Waals surface area contributed by atoms with Gasteiger partial charge < -0.3 is 10.2 Å². The van der Waals surface area contributed by atoms with Crippen molar-refractivity contribution >= 4 is 22.6 Å². The number of hydrogen-bond acceptors (Lipinski definition) is 5. The summed E-state index contributed by atoms with van der Waals surface area (Å²) < 4.78 is 1.96. The molecule has 0 radical (unpaired) electrons. The number of rotatable bonds is 5. The van der Waals surface area contributed by atoms with E-state index in [0.29, 0.717) is 13.1 Å². The van der Waals surface area contributed by atoms with E-state index in [-0.39, 0.29) is 11.8 Å². The van der Waals surface area contributed by atoms with Gasteiger partial charge in [0, 0.05) is 19.6 Å². The number of para-hydroxylation sites is 1. The van der Waals surface area contributed by atoms with Crippen molar-refractivity contribution in [3.63, 3.8) is 0 Å². The number of aryl methyl sites for hydroxylation is 3. The molecule has 0 bridgehead atoms. The van der Waals surface area contributed by atoms with Crippen LogP contribution in [0.2, 0.25) is 0 Å². The topological polar surface area (TPSA) is 75.9 Å². The Labute approximate surface area is 199 Å². The molecule has 7 heteroatoms. The van der Waals surface area contributed by atoms with Gasteiger partial charge in [0.25, 0.3) is 0 Å². The molecule has 5 rings (SSSR count). The molecule has 1 fully saturated rings. The van der Waals surface area contributed by atoms with Gasteiger partial charge in [-0.3, -0.25) is 4.79 Å². The molecule has 174 valence electrons. The maximum Gasteiger partial charge on any atom is 0.225 e. The van der Waals surface area contributed by atoms with Gasteiger partial charge in [-0.2, -0.15) is 10.2 Å². The fraction of sp³-hybridized carbons (Fsp3) is 0.333. The second-order valence-corrected chi connectivity index (χ2v) is 9.16. The first-order valence-corrected chi connectivity index (χ1v) is 11.9. The molecular formula is C27H30N6O. The first-order chi connectivity index (χ1) is 16.5. The second-order valence-electron chi connectivity index (χ2n) is 9.16. The number of amides is 1. The molecule has 34 heavy (non-hydrogen) atoms. The van der Waals surface area contributed by atoms with Crippen LogP contribution in [0.5, 0.6) is 0 Å². The molecule has 0 aliphatic carbocycles. The second kappa shape index (κ2) is 9.25. The van der Waals surface area contributed by atoms with Gasteiger partial charge in [0.05, 0.1) is 28.4 Å². The fourth-order valence-corrected chi connectivity index (χ4v) is 4.88. The molecule has 4 aromatic rings. The lowest BCUT2D eigenvalue weighted by Gasteiger charge is -2.32. The lowest BCUT2D eigenvalue weighted by Crippen LogP contribution is -2.43. The molecule has 0 saturated carbocycles. The van der Waals surface area contributed by atoms with Crippen LogP contribution in [0.25, 0.3) is 16.6 Å². The number of piperidine rings is 1. The Morgan fingerprint density at radius 3 is 2.68 bits per heavy atom. The number of anilines is 1. The highest BCUT2D eigenvalue weighted by Crippen LogP contribution is 2.31. The zero-order valence-corrected chi connectivity index (χ0v) is 20.0. The molecule has 1 saturated heterocycles. The minimum Gasteiger partial charge on any atom is -0.352 e. The highest BCUT2D eigenvalue weighted by atomic mass is 16.1. The van der Waals surface area contributed by atoms with Gasteiger partial charge in [0.2, 0.25) is 5.91 Å². The number of carbonyl (C=O) groups is 1. The van der Waals surface area contributed by atoms with Crippen LogP contribution >= 0.6 is 0 Å². The summed E-state index contributed by atoms with van der Waals surface area (Å²) in [7, 11) is 0. The van der Waals surface area contributed by atoms with E-state index in [1.54, 1.807) is 0 Å². The van der Waals surface area contributed by atoms with Gasteiger partial charge in [-0.15, -0.1) is 5.10 Å². The summed E-state index contributed by atoms with van der Waals surface area (Å²) in [6.07, 6.45) is 1.80. The first kappa shape index (κ1) is 22.1. The molecule has 0 unspecified atom stereocenters. The minimum absolute atomic E-state index is 0.0889. The summed E-state index contributed by atoms with van der Waals surface area (Å²) >= 11 is 0. The van der Waals surface area contributed by atoms with E-state index < -0.39 is 0 Å². The van der Waals surface area contributed by atoms with Crippen LogP contribution in [0.1, 0.15) is 35.4 Å². The van der Waals surface area contributed by atoms with Gasteiger partial charge in [-0.1, -0.05) is 48.0 Å². The Hall–Kier alpha value is -3.74. The Balaban J connectivity index is 1.39. The van der Waals surface area contributed by atoms with Crippen LogP contribution in [0.15, 0.2) is 54.6 Å². The lowest BCUT2D eigenvalue weighted by atomic mass is 9.96. The number of fused-ring (bicyclic) bond motifs is 1. The molecule has 1 aliphatic rings. The van der Waals surface area contributed by atoms with Gasteiger partial charge in [0.15, 0.2) is 5.82 Å². The molecule has 2 aromatic heterocycles. The van der Waals surface area contributed by atoms with Crippen molar-refractivity contribution in [2.24, 2.45) is 5.92 Å². The molecule has 1 amide bonds. The Kier molecular flexibility index (Phi) is 6.01. The van der Waals surface area contributed by atoms with Crippen LogP contribution in [-0.4, -0.2) is 39.0 Å². The van der Waals surface area contributed by atoms with Crippen molar-refractivity contribution in [3.8, 4) is 5.69 Å². The van der Waals surface area contributed by atoms with Crippen molar-refractivity contribution in [2.75, 3.05) is 18.0 Å². The number of hydrogen-bond donors (Lipinski definition) is 1. The third-order valence-electron chi connectivity index (χ3n) is 6.63. The molecule has 7 nitrogen and oxygen atoms in total. The van der Waals surface area contributed by atoms with Gasteiger partial charge in [0.1, 0.15) is 5.52 Å². The van der Waals surface area contributed by atoms with Crippen molar-refractivity contribution in [2.45, 2.75) is 40.2 Å². The highest BCUT2D eigenvalue weighted by molar-refractivity contribution is 5.92. The zero-order chi connectivity index (χ0) is 23.7. The number of nitrogens with zero attached hydrogens (tertiary/aromatic N) is 5. The molecular weight excluding hydrogens is 424 g/mol. The lowest BCUT2D eigenvalue weighted by molar-refractivity contribution is -0.125. The van der Waals surface area contributed by atoms with Crippen molar-refractivity contribution in [1.82, 2.24) is 25.3 Å². The normalized spacial score (nSPS) is 16.1. The summed E-state index contributed by atoms with van der Waals surface area (Å²) in [6.45, 7) is 8.11. The van der Waals surface area contributed by atoms with Crippen LogP contribution in [-0.2, 0) is 11.3 Å². The quantitative estimate of drug-likeness (QED) is 0.487. The van der Waals surface area contributed by atoms with Crippen LogP contribution in [0.3, 0.4) is 0 Å². The molecule has 1 aliphatic heterocycles. The number of aromatic nitrogens is 4. The Morgan fingerprint density at radius 1 is 1.06 bits per heavy atom. The van der Waals surface area contributed by atoms with Gasteiger partial charge in [-0.25, -0.2) is 4.68 Å². The Morgan fingerprint density at radius 2 is 1.88 bits per heavy atom. The van der Waals surface area contributed by atoms with E-state index in [2.05, 4.69) is 46.4 Å².